The summed E-state index contributed by atoms with van der Waals surface area (Å²) in [5.41, 5.74) is 0.768. The molecule has 1 unspecified atom stereocenters. The van der Waals surface area contributed by atoms with Crippen LogP contribution in [0.1, 0.15) is 32.1 Å². The van der Waals surface area contributed by atoms with Crippen molar-refractivity contribution >= 4 is 0 Å². The van der Waals surface area contributed by atoms with Crippen LogP contribution in [0.3, 0.4) is 0 Å². The van der Waals surface area contributed by atoms with Crippen molar-refractivity contribution in [2.45, 2.75) is 26.3 Å². The van der Waals surface area contributed by atoms with Gasteiger partial charge in [-0.3, -0.25) is 0 Å². The third-order valence-electron chi connectivity index (χ3n) is 2.86. The van der Waals surface area contributed by atoms with Crippen LogP contribution >= 0.6 is 0 Å². The summed E-state index contributed by atoms with van der Waals surface area (Å²) in [6.07, 6.45) is 1.09. The molecule has 0 saturated carbocycles. The van der Waals surface area contributed by atoms with Crippen molar-refractivity contribution in [1.82, 2.24) is 5.32 Å². The third-order valence-corrected chi connectivity index (χ3v) is 2.86. The minimum Gasteiger partial charge on any atom is -0.459 e. The molecule has 3 heteroatoms. The van der Waals surface area contributed by atoms with Crippen LogP contribution in [0.15, 0.2) is 40.8 Å². The van der Waals surface area contributed by atoms with E-state index in [1.165, 1.54) is 12.1 Å². The molecule has 1 aromatic carbocycles. The van der Waals surface area contributed by atoms with Crippen molar-refractivity contribution in [3.63, 3.8) is 0 Å². The molecule has 0 bridgehead atoms. The van der Waals surface area contributed by atoms with E-state index in [0.29, 0.717) is 5.76 Å². The van der Waals surface area contributed by atoms with E-state index in [0.717, 1.165) is 24.3 Å². The highest BCUT2D eigenvalue weighted by atomic mass is 19.1. The second kappa shape index (κ2) is 5.83. The molecule has 1 heterocycles. The number of hydrogen-bond acceptors (Lipinski definition) is 2. The van der Waals surface area contributed by atoms with Gasteiger partial charge >= 0.3 is 0 Å². The standard InChI is InChI=1S/C15H18FNO/c1-3-9-17-11(2)14-7-8-15(18-14)12-5-4-6-13(16)10-12/h4-8,10-11,17H,3,9H2,1-2H3. The maximum absolute atomic E-state index is 13.1. The van der Waals surface area contributed by atoms with Gasteiger partial charge in [0, 0.05) is 5.56 Å². The average molecular weight is 247 g/mol. The van der Waals surface area contributed by atoms with E-state index >= 15 is 0 Å². The van der Waals surface area contributed by atoms with Crippen molar-refractivity contribution < 1.29 is 8.81 Å². The fourth-order valence-electron chi connectivity index (χ4n) is 1.84. The van der Waals surface area contributed by atoms with Crippen molar-refractivity contribution in [1.29, 1.82) is 0 Å². The molecule has 18 heavy (non-hydrogen) atoms. The fourth-order valence-corrected chi connectivity index (χ4v) is 1.84. The molecule has 2 aromatic rings. The normalized spacial score (nSPS) is 12.6. The van der Waals surface area contributed by atoms with Crippen LogP contribution in [0.2, 0.25) is 0 Å². The smallest absolute Gasteiger partial charge is 0.134 e. The molecule has 0 fully saturated rings. The first-order valence-corrected chi connectivity index (χ1v) is 6.29. The average Bonchev–Trinajstić information content (AvgIpc) is 2.85. The molecular weight excluding hydrogens is 229 g/mol. The Balaban J connectivity index is 2.15. The number of nitrogens with one attached hydrogen (secondary N) is 1. The first kappa shape index (κ1) is 12.8. The number of halogens is 1. The summed E-state index contributed by atoms with van der Waals surface area (Å²) in [5, 5.41) is 3.36. The van der Waals surface area contributed by atoms with Crippen LogP contribution in [0.5, 0.6) is 0 Å². The highest BCUT2D eigenvalue weighted by molar-refractivity contribution is 5.57. The lowest BCUT2D eigenvalue weighted by atomic mass is 10.2. The van der Waals surface area contributed by atoms with E-state index in [4.69, 9.17) is 4.42 Å². The van der Waals surface area contributed by atoms with Crippen LogP contribution in [-0.2, 0) is 0 Å². The molecule has 0 spiro atoms. The minimum atomic E-state index is -0.248. The molecule has 0 aliphatic rings. The summed E-state index contributed by atoms with van der Waals surface area (Å²) in [6.45, 7) is 5.14. The van der Waals surface area contributed by atoms with E-state index in [9.17, 15) is 4.39 Å². The van der Waals surface area contributed by atoms with Gasteiger partial charge in [0.15, 0.2) is 0 Å². The van der Waals surface area contributed by atoms with Gasteiger partial charge in [0.05, 0.1) is 6.04 Å². The Kier molecular flexibility index (Phi) is 4.15. The summed E-state index contributed by atoms with van der Waals surface area (Å²) in [6, 6.07) is 10.4. The van der Waals surface area contributed by atoms with Crippen molar-refractivity contribution in [3.8, 4) is 11.3 Å². The fraction of sp³-hybridized carbons (Fsp3) is 0.333. The molecule has 0 saturated heterocycles. The zero-order chi connectivity index (χ0) is 13.0. The molecule has 0 aliphatic heterocycles. The molecule has 96 valence electrons. The molecule has 0 radical (unpaired) electrons. The predicted octanol–water partition coefficient (Wildman–Crippen LogP) is 4.15. The van der Waals surface area contributed by atoms with Gasteiger partial charge in [-0.25, -0.2) is 4.39 Å². The van der Waals surface area contributed by atoms with E-state index < -0.39 is 0 Å². The number of hydrogen-bond donors (Lipinski definition) is 1. The van der Waals surface area contributed by atoms with E-state index in [1.807, 2.05) is 18.2 Å². The van der Waals surface area contributed by atoms with Crippen molar-refractivity contribution in [2.24, 2.45) is 0 Å². The number of benzene rings is 1. The first-order valence-electron chi connectivity index (χ1n) is 6.29. The SMILES string of the molecule is CCCNC(C)c1ccc(-c2cccc(F)c2)o1. The van der Waals surface area contributed by atoms with Crippen LogP contribution in [0, 0.1) is 5.82 Å². The number of furan rings is 1. The van der Waals surface area contributed by atoms with Crippen molar-refractivity contribution in [2.75, 3.05) is 6.54 Å². The highest BCUT2D eigenvalue weighted by Gasteiger charge is 2.10. The Labute approximate surface area is 107 Å². The number of rotatable bonds is 5. The van der Waals surface area contributed by atoms with Gasteiger partial charge in [-0.05, 0) is 44.2 Å². The van der Waals surface area contributed by atoms with Gasteiger partial charge in [0.25, 0.3) is 0 Å². The van der Waals surface area contributed by atoms with Gasteiger partial charge in [0.1, 0.15) is 17.3 Å². The van der Waals surface area contributed by atoms with Gasteiger partial charge in [-0.2, -0.15) is 0 Å². The van der Waals surface area contributed by atoms with E-state index in [2.05, 4.69) is 19.2 Å². The zero-order valence-electron chi connectivity index (χ0n) is 10.7. The van der Waals surface area contributed by atoms with Gasteiger partial charge < -0.3 is 9.73 Å². The summed E-state index contributed by atoms with van der Waals surface area (Å²) < 4.78 is 18.9. The van der Waals surface area contributed by atoms with E-state index in [1.54, 1.807) is 6.07 Å². The Morgan fingerprint density at radius 1 is 1.28 bits per heavy atom. The predicted molar refractivity (Wildman–Crippen MR) is 70.8 cm³/mol. The van der Waals surface area contributed by atoms with Gasteiger partial charge in [-0.15, -0.1) is 0 Å². The van der Waals surface area contributed by atoms with Crippen LogP contribution < -0.4 is 5.32 Å². The lowest BCUT2D eigenvalue weighted by molar-refractivity contribution is 0.438. The molecule has 2 rings (SSSR count). The molecule has 1 N–H and O–H groups in total. The quantitative estimate of drug-likeness (QED) is 0.858. The van der Waals surface area contributed by atoms with Gasteiger partial charge in [-0.1, -0.05) is 19.1 Å². The highest BCUT2D eigenvalue weighted by Crippen LogP contribution is 2.25. The lowest BCUT2D eigenvalue weighted by Gasteiger charge is -2.09. The summed E-state index contributed by atoms with van der Waals surface area (Å²) in [4.78, 5) is 0. The van der Waals surface area contributed by atoms with Crippen LogP contribution in [0.25, 0.3) is 11.3 Å². The third kappa shape index (κ3) is 2.99. The Morgan fingerprint density at radius 2 is 2.11 bits per heavy atom. The maximum atomic E-state index is 13.1. The summed E-state index contributed by atoms with van der Waals surface area (Å²) in [5.74, 6) is 1.33. The molecule has 0 amide bonds. The molecule has 1 aromatic heterocycles. The molecule has 2 nitrogen and oxygen atoms in total. The minimum absolute atomic E-state index is 0.173. The maximum Gasteiger partial charge on any atom is 0.134 e. The largest absolute Gasteiger partial charge is 0.459 e. The monoisotopic (exact) mass is 247 g/mol. The zero-order valence-corrected chi connectivity index (χ0v) is 10.7. The summed E-state index contributed by atoms with van der Waals surface area (Å²) in [7, 11) is 0. The lowest BCUT2D eigenvalue weighted by Crippen LogP contribution is -2.18. The molecule has 0 aliphatic carbocycles. The Hall–Kier alpha value is -1.61. The molecular formula is C15H18FNO. The van der Waals surface area contributed by atoms with Crippen LogP contribution in [-0.4, -0.2) is 6.54 Å². The van der Waals surface area contributed by atoms with E-state index in [-0.39, 0.29) is 11.9 Å². The topological polar surface area (TPSA) is 25.2 Å². The summed E-state index contributed by atoms with van der Waals surface area (Å²) >= 11 is 0. The Bertz CT molecular complexity index is 507. The first-order chi connectivity index (χ1) is 8.70. The van der Waals surface area contributed by atoms with Crippen molar-refractivity contribution in [3.05, 3.63) is 48.0 Å². The second-order valence-corrected chi connectivity index (χ2v) is 4.39. The Morgan fingerprint density at radius 3 is 2.83 bits per heavy atom. The van der Waals surface area contributed by atoms with Gasteiger partial charge in [0.2, 0.25) is 0 Å². The van der Waals surface area contributed by atoms with Crippen LogP contribution in [0.4, 0.5) is 4.39 Å². The second-order valence-electron chi connectivity index (χ2n) is 4.39. The molecule has 1 atom stereocenters.